The molecule has 1 aliphatic rings. The second-order valence-electron chi connectivity index (χ2n) is 5.77. The van der Waals surface area contributed by atoms with E-state index in [4.69, 9.17) is 0 Å². The standard InChI is InChI=1S/C16H29N5S.HI/c1-4-17-16(18-8-7-11-21-9-5-6-10-21)19-12-15-20-13(2)14(3)22-15;/h4-12H2,1-3H3,(H2,17,18,19);1H. The Morgan fingerprint density at radius 2 is 2.00 bits per heavy atom. The van der Waals surface area contributed by atoms with Crippen molar-refractivity contribution in [2.45, 2.75) is 46.6 Å². The number of likely N-dealkylation sites (tertiary alicyclic amines) is 1. The highest BCUT2D eigenvalue weighted by atomic mass is 127. The first-order chi connectivity index (χ1) is 10.7. The van der Waals surface area contributed by atoms with Crippen LogP contribution in [-0.4, -0.2) is 48.6 Å². The van der Waals surface area contributed by atoms with Crippen LogP contribution >= 0.6 is 35.3 Å². The first-order valence-electron chi connectivity index (χ1n) is 8.36. The summed E-state index contributed by atoms with van der Waals surface area (Å²) < 4.78 is 0. The molecule has 2 heterocycles. The van der Waals surface area contributed by atoms with Crippen molar-refractivity contribution < 1.29 is 0 Å². The lowest BCUT2D eigenvalue weighted by Crippen LogP contribution is -2.38. The number of aromatic nitrogens is 1. The quantitative estimate of drug-likeness (QED) is 0.290. The van der Waals surface area contributed by atoms with Crippen molar-refractivity contribution in [1.82, 2.24) is 20.5 Å². The molecule has 1 saturated heterocycles. The van der Waals surface area contributed by atoms with Crippen molar-refractivity contribution in [3.63, 3.8) is 0 Å². The lowest BCUT2D eigenvalue weighted by atomic mass is 10.4. The molecule has 0 atom stereocenters. The van der Waals surface area contributed by atoms with Gasteiger partial charge in [-0.05, 0) is 59.7 Å². The summed E-state index contributed by atoms with van der Waals surface area (Å²) in [5.41, 5.74) is 1.12. The maximum Gasteiger partial charge on any atom is 0.191 e. The normalized spacial score (nSPS) is 15.5. The molecule has 0 aromatic carbocycles. The number of guanidine groups is 1. The topological polar surface area (TPSA) is 52.6 Å². The van der Waals surface area contributed by atoms with Gasteiger partial charge in [0.15, 0.2) is 5.96 Å². The van der Waals surface area contributed by atoms with Gasteiger partial charge in [-0.25, -0.2) is 9.98 Å². The predicted molar refractivity (Wildman–Crippen MR) is 110 cm³/mol. The zero-order chi connectivity index (χ0) is 15.8. The van der Waals surface area contributed by atoms with Crippen molar-refractivity contribution >= 4 is 41.3 Å². The monoisotopic (exact) mass is 451 g/mol. The van der Waals surface area contributed by atoms with Gasteiger partial charge in [0.1, 0.15) is 5.01 Å². The third-order valence-electron chi connectivity index (χ3n) is 3.93. The van der Waals surface area contributed by atoms with Gasteiger partial charge in [-0.3, -0.25) is 0 Å². The van der Waals surface area contributed by atoms with Gasteiger partial charge in [0.25, 0.3) is 0 Å². The maximum atomic E-state index is 4.64. The highest BCUT2D eigenvalue weighted by Gasteiger charge is 2.10. The Morgan fingerprint density at radius 3 is 2.61 bits per heavy atom. The molecule has 0 bridgehead atoms. The van der Waals surface area contributed by atoms with Crippen LogP contribution in [0.15, 0.2) is 4.99 Å². The molecule has 132 valence electrons. The van der Waals surface area contributed by atoms with Crippen LogP contribution in [0, 0.1) is 13.8 Å². The molecule has 1 aliphatic heterocycles. The second kappa shape index (κ2) is 11.2. The molecule has 0 radical (unpaired) electrons. The predicted octanol–water partition coefficient (Wildman–Crippen LogP) is 2.92. The summed E-state index contributed by atoms with van der Waals surface area (Å²) in [6, 6.07) is 0. The molecule has 1 fully saturated rings. The highest BCUT2D eigenvalue weighted by molar-refractivity contribution is 14.0. The molecule has 0 unspecified atom stereocenters. The largest absolute Gasteiger partial charge is 0.357 e. The summed E-state index contributed by atoms with van der Waals surface area (Å²) in [6.45, 7) is 12.5. The Hall–Kier alpha value is -0.410. The number of nitrogens with one attached hydrogen (secondary N) is 2. The average molecular weight is 451 g/mol. The molecule has 5 nitrogen and oxygen atoms in total. The van der Waals surface area contributed by atoms with E-state index in [0.29, 0.717) is 6.54 Å². The third kappa shape index (κ3) is 7.34. The summed E-state index contributed by atoms with van der Waals surface area (Å²) in [7, 11) is 0. The lowest BCUT2D eigenvalue weighted by molar-refractivity contribution is 0.334. The number of hydrogen-bond acceptors (Lipinski definition) is 4. The van der Waals surface area contributed by atoms with Crippen molar-refractivity contribution in [3.8, 4) is 0 Å². The smallest absolute Gasteiger partial charge is 0.191 e. The van der Waals surface area contributed by atoms with Crippen LogP contribution in [0.1, 0.15) is 41.8 Å². The summed E-state index contributed by atoms with van der Waals surface area (Å²) in [5.74, 6) is 0.898. The van der Waals surface area contributed by atoms with Gasteiger partial charge < -0.3 is 15.5 Å². The molecule has 2 N–H and O–H groups in total. The van der Waals surface area contributed by atoms with Crippen LogP contribution in [-0.2, 0) is 6.54 Å². The van der Waals surface area contributed by atoms with Crippen LogP contribution in [0.5, 0.6) is 0 Å². The van der Waals surface area contributed by atoms with Gasteiger partial charge in [-0.1, -0.05) is 0 Å². The molecule has 2 rings (SSSR count). The van der Waals surface area contributed by atoms with E-state index in [-0.39, 0.29) is 24.0 Å². The summed E-state index contributed by atoms with van der Waals surface area (Å²) >= 11 is 1.74. The Kier molecular flexibility index (Phi) is 10.0. The lowest BCUT2D eigenvalue weighted by Gasteiger charge is -2.15. The Bertz CT molecular complexity index is 463. The molecule has 0 saturated carbocycles. The molecule has 0 aliphatic carbocycles. The van der Waals surface area contributed by atoms with E-state index in [1.165, 1.54) is 43.8 Å². The Labute approximate surface area is 161 Å². The summed E-state index contributed by atoms with van der Waals surface area (Å²) in [6.07, 6.45) is 3.90. The summed E-state index contributed by atoms with van der Waals surface area (Å²) in [4.78, 5) is 13.0. The van der Waals surface area contributed by atoms with E-state index in [0.717, 1.165) is 29.8 Å². The van der Waals surface area contributed by atoms with Gasteiger partial charge >= 0.3 is 0 Å². The number of thiazole rings is 1. The zero-order valence-electron chi connectivity index (χ0n) is 14.5. The minimum atomic E-state index is 0. The molecule has 1 aromatic heterocycles. The number of halogens is 1. The van der Waals surface area contributed by atoms with Gasteiger partial charge in [0.2, 0.25) is 0 Å². The maximum absolute atomic E-state index is 4.64. The van der Waals surface area contributed by atoms with Crippen molar-refractivity contribution in [1.29, 1.82) is 0 Å². The minimum absolute atomic E-state index is 0. The molecule has 0 spiro atoms. The third-order valence-corrected chi connectivity index (χ3v) is 4.99. The van der Waals surface area contributed by atoms with E-state index in [1.54, 1.807) is 11.3 Å². The number of rotatable bonds is 7. The second-order valence-corrected chi connectivity index (χ2v) is 7.06. The number of aryl methyl sites for hydroxylation is 2. The molecule has 0 amide bonds. The van der Waals surface area contributed by atoms with Gasteiger partial charge in [-0.2, -0.15) is 0 Å². The summed E-state index contributed by atoms with van der Waals surface area (Å²) in [5, 5.41) is 7.82. The number of hydrogen-bond donors (Lipinski definition) is 2. The van der Waals surface area contributed by atoms with Crippen molar-refractivity contribution in [3.05, 3.63) is 15.6 Å². The molecule has 7 heteroatoms. The van der Waals surface area contributed by atoms with Crippen LogP contribution in [0.3, 0.4) is 0 Å². The minimum Gasteiger partial charge on any atom is -0.357 e. The fraction of sp³-hybridized carbons (Fsp3) is 0.750. The van der Waals surface area contributed by atoms with E-state index in [1.807, 2.05) is 0 Å². The zero-order valence-corrected chi connectivity index (χ0v) is 17.7. The van der Waals surface area contributed by atoms with E-state index in [2.05, 4.69) is 46.3 Å². The van der Waals surface area contributed by atoms with Crippen molar-refractivity contribution in [2.75, 3.05) is 32.7 Å². The van der Waals surface area contributed by atoms with Crippen LogP contribution in [0.25, 0.3) is 0 Å². The van der Waals surface area contributed by atoms with Gasteiger partial charge in [-0.15, -0.1) is 35.3 Å². The van der Waals surface area contributed by atoms with Gasteiger partial charge in [0.05, 0.1) is 12.2 Å². The van der Waals surface area contributed by atoms with E-state index in [9.17, 15) is 0 Å². The van der Waals surface area contributed by atoms with E-state index >= 15 is 0 Å². The van der Waals surface area contributed by atoms with Gasteiger partial charge in [0, 0.05) is 18.0 Å². The van der Waals surface area contributed by atoms with E-state index < -0.39 is 0 Å². The fourth-order valence-corrected chi connectivity index (χ4v) is 3.47. The van der Waals surface area contributed by atoms with Crippen LogP contribution in [0.2, 0.25) is 0 Å². The molecule has 1 aromatic rings. The average Bonchev–Trinajstić information content (AvgIpc) is 3.11. The number of nitrogens with zero attached hydrogens (tertiary/aromatic N) is 3. The highest BCUT2D eigenvalue weighted by Crippen LogP contribution is 2.16. The molecule has 23 heavy (non-hydrogen) atoms. The Morgan fingerprint density at radius 1 is 1.26 bits per heavy atom. The van der Waals surface area contributed by atoms with Crippen LogP contribution < -0.4 is 10.6 Å². The first-order valence-corrected chi connectivity index (χ1v) is 9.18. The molecular formula is C16H30IN5S. The Balaban J connectivity index is 0.00000264. The molecular weight excluding hydrogens is 421 g/mol. The first kappa shape index (κ1) is 20.6. The SMILES string of the molecule is CCNC(=NCc1nc(C)c(C)s1)NCCCN1CCCC1.I. The van der Waals surface area contributed by atoms with Crippen molar-refractivity contribution in [2.24, 2.45) is 4.99 Å². The van der Waals surface area contributed by atoms with Crippen LogP contribution in [0.4, 0.5) is 0 Å². The fourth-order valence-electron chi connectivity index (χ4n) is 2.61. The number of aliphatic imine (C=N–C) groups is 1.